The lowest BCUT2D eigenvalue weighted by molar-refractivity contribution is -0.139. The summed E-state index contributed by atoms with van der Waals surface area (Å²) in [6.45, 7) is 2.01. The average Bonchev–Trinajstić information content (AvgIpc) is 2.91. The lowest BCUT2D eigenvalue weighted by Gasteiger charge is -2.31. The van der Waals surface area contributed by atoms with E-state index in [9.17, 15) is 15.0 Å². The summed E-state index contributed by atoms with van der Waals surface area (Å²) in [5, 5.41) is 19.6. The lowest BCUT2D eigenvalue weighted by Crippen LogP contribution is -2.36. The van der Waals surface area contributed by atoms with Gasteiger partial charge < -0.3 is 15.1 Å². The Labute approximate surface area is 122 Å². The highest BCUT2D eigenvalue weighted by Crippen LogP contribution is 2.38. The van der Waals surface area contributed by atoms with Gasteiger partial charge in [0.05, 0.1) is 5.69 Å². The maximum absolute atomic E-state index is 11.3. The molecule has 5 nitrogen and oxygen atoms in total. The second-order valence-corrected chi connectivity index (χ2v) is 6.79. The van der Waals surface area contributed by atoms with Crippen molar-refractivity contribution in [2.24, 2.45) is 5.92 Å². The van der Waals surface area contributed by atoms with Gasteiger partial charge in [-0.05, 0) is 38.0 Å². The van der Waals surface area contributed by atoms with Crippen LogP contribution in [0.1, 0.15) is 42.2 Å². The van der Waals surface area contributed by atoms with Crippen LogP contribution >= 0.6 is 11.3 Å². The van der Waals surface area contributed by atoms with E-state index in [0.717, 1.165) is 54.5 Å². The van der Waals surface area contributed by atoms with Gasteiger partial charge in [-0.2, -0.15) is 0 Å². The van der Waals surface area contributed by atoms with Crippen molar-refractivity contribution in [2.45, 2.75) is 38.0 Å². The highest BCUT2D eigenvalue weighted by Gasteiger charge is 2.31. The molecule has 1 aliphatic heterocycles. The minimum atomic E-state index is -0.755. The van der Waals surface area contributed by atoms with Crippen molar-refractivity contribution in [3.63, 3.8) is 0 Å². The average molecular weight is 296 g/mol. The zero-order valence-corrected chi connectivity index (χ0v) is 12.2. The maximum Gasteiger partial charge on any atom is 0.312 e. The summed E-state index contributed by atoms with van der Waals surface area (Å²) in [6, 6.07) is 0. The molecule has 0 aromatic carbocycles. The molecule has 1 fully saturated rings. The molecule has 2 aliphatic rings. The van der Waals surface area contributed by atoms with Crippen LogP contribution in [-0.4, -0.2) is 40.9 Å². The highest BCUT2D eigenvalue weighted by molar-refractivity contribution is 7.15. The van der Waals surface area contributed by atoms with Crippen molar-refractivity contribution in [3.8, 4) is 0 Å². The van der Waals surface area contributed by atoms with E-state index in [-0.39, 0.29) is 6.61 Å². The third kappa shape index (κ3) is 2.54. The van der Waals surface area contributed by atoms with Gasteiger partial charge in [-0.15, -0.1) is 11.3 Å². The van der Waals surface area contributed by atoms with Gasteiger partial charge in [-0.25, -0.2) is 4.98 Å². The Morgan fingerprint density at radius 1 is 1.40 bits per heavy atom. The standard InChI is InChI=1S/C14H20N2O3S/c17-8-9-3-2-6-16(7-9)14-15-12-10(13(18)19)4-1-5-11(12)20-14/h9-10,17H,1-8H2,(H,18,19). The van der Waals surface area contributed by atoms with E-state index in [1.54, 1.807) is 11.3 Å². The molecule has 110 valence electrons. The number of aliphatic hydroxyl groups excluding tert-OH is 1. The van der Waals surface area contributed by atoms with Crippen LogP contribution in [0.15, 0.2) is 0 Å². The number of rotatable bonds is 3. The molecule has 1 aromatic heterocycles. The van der Waals surface area contributed by atoms with Crippen LogP contribution < -0.4 is 4.90 Å². The molecular formula is C14H20N2O3S. The van der Waals surface area contributed by atoms with Crippen LogP contribution in [-0.2, 0) is 11.2 Å². The number of thiazole rings is 1. The number of hydrogen-bond donors (Lipinski definition) is 2. The summed E-state index contributed by atoms with van der Waals surface area (Å²) >= 11 is 1.65. The molecule has 0 radical (unpaired) electrons. The molecule has 3 rings (SSSR count). The van der Waals surface area contributed by atoms with Gasteiger partial charge in [-0.3, -0.25) is 4.79 Å². The zero-order chi connectivity index (χ0) is 14.1. The van der Waals surface area contributed by atoms with Gasteiger partial charge in [0.1, 0.15) is 5.92 Å². The van der Waals surface area contributed by atoms with Crippen molar-refractivity contribution in [3.05, 3.63) is 10.6 Å². The van der Waals surface area contributed by atoms with Gasteiger partial charge in [0, 0.05) is 24.6 Å². The number of fused-ring (bicyclic) bond motifs is 1. The van der Waals surface area contributed by atoms with Gasteiger partial charge in [0.25, 0.3) is 0 Å². The number of piperidine rings is 1. The predicted octanol–water partition coefficient (Wildman–Crippen LogP) is 1.86. The first kappa shape index (κ1) is 13.8. The zero-order valence-electron chi connectivity index (χ0n) is 11.4. The predicted molar refractivity (Wildman–Crippen MR) is 77.5 cm³/mol. The Morgan fingerprint density at radius 2 is 2.25 bits per heavy atom. The summed E-state index contributed by atoms with van der Waals surface area (Å²) in [7, 11) is 0. The van der Waals surface area contributed by atoms with Gasteiger partial charge in [0.2, 0.25) is 0 Å². The Kier molecular flexibility index (Phi) is 3.94. The van der Waals surface area contributed by atoms with Crippen LogP contribution in [0.25, 0.3) is 0 Å². The van der Waals surface area contributed by atoms with Crippen LogP contribution in [0.5, 0.6) is 0 Å². The fourth-order valence-corrected chi connectivity index (χ4v) is 4.37. The number of aliphatic hydroxyl groups is 1. The summed E-state index contributed by atoms with van der Waals surface area (Å²) in [5.74, 6) is -0.864. The van der Waals surface area contributed by atoms with Crippen LogP contribution in [0.4, 0.5) is 5.13 Å². The number of carbonyl (C=O) groups is 1. The SMILES string of the molecule is O=C(O)C1CCCc2sc(N3CCCC(CO)C3)nc21. The van der Waals surface area contributed by atoms with E-state index in [2.05, 4.69) is 9.88 Å². The number of aryl methyl sites for hydroxylation is 1. The monoisotopic (exact) mass is 296 g/mol. The summed E-state index contributed by atoms with van der Waals surface area (Å²) < 4.78 is 0. The number of carboxylic acids is 1. The van der Waals surface area contributed by atoms with E-state index >= 15 is 0 Å². The van der Waals surface area contributed by atoms with E-state index < -0.39 is 11.9 Å². The van der Waals surface area contributed by atoms with E-state index in [0.29, 0.717) is 12.3 Å². The molecule has 20 heavy (non-hydrogen) atoms. The second kappa shape index (κ2) is 5.69. The Bertz CT molecular complexity index is 503. The first-order chi connectivity index (χ1) is 9.69. The fraction of sp³-hybridized carbons (Fsp3) is 0.714. The van der Waals surface area contributed by atoms with Crippen molar-refractivity contribution in [2.75, 3.05) is 24.6 Å². The third-order valence-corrected chi connectivity index (χ3v) is 5.48. The summed E-state index contributed by atoms with van der Waals surface area (Å²) in [6.07, 6.45) is 4.72. The van der Waals surface area contributed by atoms with Crippen molar-refractivity contribution < 1.29 is 15.0 Å². The molecule has 0 spiro atoms. The van der Waals surface area contributed by atoms with Crippen LogP contribution in [0, 0.1) is 5.92 Å². The molecular weight excluding hydrogens is 276 g/mol. The number of aromatic nitrogens is 1. The molecule has 2 atom stereocenters. The smallest absolute Gasteiger partial charge is 0.312 e. The molecule has 1 saturated heterocycles. The number of carboxylic acid groups (broad SMARTS) is 1. The number of hydrogen-bond acceptors (Lipinski definition) is 5. The summed E-state index contributed by atoms with van der Waals surface area (Å²) in [5.41, 5.74) is 0.787. The number of nitrogens with zero attached hydrogens (tertiary/aromatic N) is 2. The molecule has 0 amide bonds. The summed E-state index contributed by atoms with van der Waals surface area (Å²) in [4.78, 5) is 19.3. The topological polar surface area (TPSA) is 73.7 Å². The first-order valence-electron chi connectivity index (χ1n) is 7.27. The fourth-order valence-electron chi connectivity index (χ4n) is 3.17. The number of aliphatic carboxylic acids is 1. The Hall–Kier alpha value is -1.14. The minimum absolute atomic E-state index is 0.222. The molecule has 0 saturated carbocycles. The van der Waals surface area contributed by atoms with Crippen LogP contribution in [0.3, 0.4) is 0 Å². The second-order valence-electron chi connectivity index (χ2n) is 5.72. The van der Waals surface area contributed by atoms with Gasteiger partial charge >= 0.3 is 5.97 Å². The molecule has 2 heterocycles. The maximum atomic E-state index is 11.3. The van der Waals surface area contributed by atoms with Crippen molar-refractivity contribution >= 4 is 22.4 Å². The Balaban J connectivity index is 1.83. The molecule has 0 bridgehead atoms. The third-order valence-electron chi connectivity index (χ3n) is 4.29. The normalized spacial score (nSPS) is 26.4. The van der Waals surface area contributed by atoms with Crippen molar-refractivity contribution in [1.29, 1.82) is 0 Å². The van der Waals surface area contributed by atoms with Gasteiger partial charge in [-0.1, -0.05) is 0 Å². The van der Waals surface area contributed by atoms with Crippen molar-refractivity contribution in [1.82, 2.24) is 4.98 Å². The van der Waals surface area contributed by atoms with E-state index in [1.807, 2.05) is 0 Å². The highest BCUT2D eigenvalue weighted by atomic mass is 32.1. The van der Waals surface area contributed by atoms with E-state index in [1.165, 1.54) is 0 Å². The molecule has 2 N–H and O–H groups in total. The largest absolute Gasteiger partial charge is 0.481 e. The molecule has 1 aromatic rings. The quantitative estimate of drug-likeness (QED) is 0.890. The van der Waals surface area contributed by atoms with E-state index in [4.69, 9.17) is 0 Å². The molecule has 2 unspecified atom stereocenters. The lowest BCUT2D eigenvalue weighted by atomic mass is 9.91. The molecule has 1 aliphatic carbocycles. The Morgan fingerprint density at radius 3 is 3.00 bits per heavy atom. The first-order valence-corrected chi connectivity index (χ1v) is 8.09. The van der Waals surface area contributed by atoms with Gasteiger partial charge in [0.15, 0.2) is 5.13 Å². The minimum Gasteiger partial charge on any atom is -0.481 e. The molecule has 6 heteroatoms. The van der Waals surface area contributed by atoms with Crippen LogP contribution in [0.2, 0.25) is 0 Å². The number of anilines is 1.